The highest BCUT2D eigenvalue weighted by Gasteiger charge is 2.34. The molecule has 3 aromatic carbocycles. The molecule has 0 aliphatic heterocycles. The summed E-state index contributed by atoms with van der Waals surface area (Å²) in [7, 11) is -4.17. The zero-order valence-corrected chi connectivity index (χ0v) is 27.7. The number of nitrogens with zero attached hydrogens (tertiary/aromatic N) is 3. The van der Waals surface area contributed by atoms with E-state index in [1.165, 1.54) is 0 Å². The molecule has 0 saturated carbocycles. The van der Waals surface area contributed by atoms with E-state index in [2.05, 4.69) is 10.1 Å². The van der Waals surface area contributed by atoms with E-state index in [0.29, 0.717) is 35.9 Å². The van der Waals surface area contributed by atoms with Gasteiger partial charge in [0.05, 0.1) is 30.3 Å². The summed E-state index contributed by atoms with van der Waals surface area (Å²) < 4.78 is 40.2. The molecule has 0 spiro atoms. The number of carbonyl (C=O) groups is 1. The maximum absolute atomic E-state index is 14.6. The highest BCUT2D eigenvalue weighted by Crippen LogP contribution is 2.48. The number of aromatic nitrogens is 3. The number of esters is 1. The Morgan fingerprint density at radius 1 is 1.00 bits per heavy atom. The lowest BCUT2D eigenvalue weighted by atomic mass is 10.1. The molecule has 46 heavy (non-hydrogen) atoms. The van der Waals surface area contributed by atoms with Crippen LogP contribution in [0.15, 0.2) is 66.7 Å². The highest BCUT2D eigenvalue weighted by molar-refractivity contribution is 7.52. The quantitative estimate of drug-likeness (QED) is 0.0635. The lowest BCUT2D eigenvalue weighted by Crippen LogP contribution is -2.35. The Kier molecular flexibility index (Phi) is 10.9. The molecule has 11 nitrogen and oxygen atoms in total. The largest absolute Gasteiger partial charge is 0.465 e. The first-order chi connectivity index (χ1) is 22.3. The van der Waals surface area contributed by atoms with Crippen molar-refractivity contribution in [3.05, 3.63) is 72.6 Å². The van der Waals surface area contributed by atoms with Gasteiger partial charge in [0.2, 0.25) is 0 Å². The molecule has 5 rings (SSSR count). The number of anilines is 1. The van der Waals surface area contributed by atoms with Crippen molar-refractivity contribution < 1.29 is 27.9 Å². The summed E-state index contributed by atoms with van der Waals surface area (Å²) in [5.41, 5.74) is 8.48. The second-order valence-electron chi connectivity index (χ2n) is 11.0. The Morgan fingerprint density at radius 3 is 2.50 bits per heavy atom. The van der Waals surface area contributed by atoms with Crippen LogP contribution in [0.3, 0.4) is 0 Å². The summed E-state index contributed by atoms with van der Waals surface area (Å²) >= 11 is 0. The van der Waals surface area contributed by atoms with Gasteiger partial charge in [-0.3, -0.25) is 9.32 Å². The minimum Gasteiger partial charge on any atom is -0.465 e. The summed E-state index contributed by atoms with van der Waals surface area (Å²) in [6, 6.07) is 19.5. The molecule has 12 heteroatoms. The summed E-state index contributed by atoms with van der Waals surface area (Å²) in [6.07, 6.45) is 2.20. The topological polar surface area (TPSA) is 140 Å². The van der Waals surface area contributed by atoms with E-state index >= 15 is 0 Å². The van der Waals surface area contributed by atoms with Crippen LogP contribution in [0.5, 0.6) is 5.75 Å². The first-order valence-corrected chi connectivity index (χ1v) is 17.3. The zero-order chi connectivity index (χ0) is 32.7. The van der Waals surface area contributed by atoms with Crippen molar-refractivity contribution in [3.8, 4) is 5.75 Å². The number of para-hydroxylation sites is 1. The van der Waals surface area contributed by atoms with E-state index in [0.717, 1.165) is 40.0 Å². The fraction of sp³-hybridized carbons (Fsp3) is 0.382. The van der Waals surface area contributed by atoms with Gasteiger partial charge in [0, 0.05) is 17.4 Å². The molecule has 244 valence electrons. The molecule has 3 N–H and O–H groups in total. The fourth-order valence-electron chi connectivity index (χ4n) is 5.34. The van der Waals surface area contributed by atoms with E-state index < -0.39 is 19.8 Å². The first-order valence-electron chi connectivity index (χ1n) is 15.8. The van der Waals surface area contributed by atoms with Crippen LogP contribution >= 0.6 is 7.75 Å². The van der Waals surface area contributed by atoms with Crippen LogP contribution in [-0.4, -0.2) is 46.4 Å². The standard InChI is InChI=1S/C34H42N5O6P/c1-5-8-20-43-34(40)23(4)38-46(41,45-29-19-13-15-24-14-9-10-16-26(24)29)44-21-25(6-2)39-30(22-42-7-3)37-31-32(39)27-17-11-12-18-28(27)36-33(31)35/h9-19,23,25H,5-8,20-22H2,1-4H3,(H2,35,36)(H,38,41)/t23-,25-,46?/m0/s1. The lowest BCUT2D eigenvalue weighted by molar-refractivity contribution is -0.145. The van der Waals surface area contributed by atoms with Gasteiger partial charge in [0.15, 0.2) is 5.82 Å². The van der Waals surface area contributed by atoms with E-state index in [1.807, 2.05) is 86.0 Å². The second-order valence-corrected chi connectivity index (χ2v) is 12.7. The molecule has 2 aromatic heterocycles. The van der Waals surface area contributed by atoms with Gasteiger partial charge in [0.25, 0.3) is 0 Å². The second kappa shape index (κ2) is 15.0. The maximum Gasteiger partial charge on any atom is 0.459 e. The van der Waals surface area contributed by atoms with Gasteiger partial charge < -0.3 is 24.3 Å². The van der Waals surface area contributed by atoms with Crippen molar-refractivity contribution in [2.24, 2.45) is 0 Å². The molecule has 2 heterocycles. The average Bonchev–Trinajstić information content (AvgIpc) is 3.44. The normalized spacial score (nSPS) is 14.3. The van der Waals surface area contributed by atoms with Crippen LogP contribution < -0.4 is 15.3 Å². The van der Waals surface area contributed by atoms with Gasteiger partial charge in [-0.2, -0.15) is 5.09 Å². The van der Waals surface area contributed by atoms with Crippen molar-refractivity contribution in [1.82, 2.24) is 19.6 Å². The number of fused-ring (bicyclic) bond motifs is 4. The summed E-state index contributed by atoms with van der Waals surface area (Å²) in [4.78, 5) is 22.2. The third-order valence-corrected chi connectivity index (χ3v) is 9.38. The van der Waals surface area contributed by atoms with E-state index in [-0.39, 0.29) is 25.9 Å². The van der Waals surface area contributed by atoms with E-state index in [1.54, 1.807) is 13.0 Å². The minimum atomic E-state index is -4.17. The smallest absolute Gasteiger partial charge is 0.459 e. The Balaban J connectivity index is 1.52. The van der Waals surface area contributed by atoms with Crippen LogP contribution in [0, 0.1) is 0 Å². The monoisotopic (exact) mass is 647 g/mol. The van der Waals surface area contributed by atoms with Crippen molar-refractivity contribution in [2.75, 3.05) is 25.6 Å². The van der Waals surface area contributed by atoms with Crippen molar-refractivity contribution >= 4 is 52.2 Å². The van der Waals surface area contributed by atoms with Crippen LogP contribution in [0.4, 0.5) is 5.82 Å². The fourth-order valence-corrected chi connectivity index (χ4v) is 6.89. The summed E-state index contributed by atoms with van der Waals surface area (Å²) in [5.74, 6) is 0.772. The highest BCUT2D eigenvalue weighted by atomic mass is 31.2. The molecule has 0 fully saturated rings. The Labute approximate surface area is 269 Å². The van der Waals surface area contributed by atoms with Crippen LogP contribution in [0.1, 0.15) is 58.8 Å². The first kappa shape index (κ1) is 33.3. The van der Waals surface area contributed by atoms with E-state index in [4.69, 9.17) is 29.2 Å². The molecule has 0 radical (unpaired) electrons. The predicted molar refractivity (Wildman–Crippen MR) is 181 cm³/mol. The number of ether oxygens (including phenoxy) is 2. The summed E-state index contributed by atoms with van der Waals surface area (Å²) in [5, 5.41) is 5.38. The molecule has 3 atom stereocenters. The number of hydrogen-bond acceptors (Lipinski definition) is 9. The number of carbonyl (C=O) groups excluding carboxylic acids is 1. The predicted octanol–water partition coefficient (Wildman–Crippen LogP) is 7.33. The Bertz CT molecular complexity index is 1860. The number of nitrogens with two attached hydrogens (primary N) is 1. The molecule has 1 unspecified atom stereocenters. The molecule has 0 amide bonds. The van der Waals surface area contributed by atoms with Gasteiger partial charge in [-0.05, 0) is 44.2 Å². The van der Waals surface area contributed by atoms with Crippen molar-refractivity contribution in [2.45, 2.75) is 65.6 Å². The SMILES string of the molecule is CCCCOC(=O)[C@H](C)NP(=O)(OC[C@H](CC)n1c(COCC)nc2c(N)nc3ccccc3c21)Oc1cccc2ccccc12. The van der Waals surface area contributed by atoms with Crippen LogP contribution in [-0.2, 0) is 30.0 Å². The number of pyridine rings is 1. The Hall–Kier alpha value is -4.02. The lowest BCUT2D eigenvalue weighted by Gasteiger charge is -2.27. The molecular weight excluding hydrogens is 605 g/mol. The number of unbranched alkanes of at least 4 members (excludes halogenated alkanes) is 1. The van der Waals surface area contributed by atoms with Gasteiger partial charge in [-0.15, -0.1) is 0 Å². The molecule has 5 aromatic rings. The number of benzene rings is 3. The summed E-state index contributed by atoms with van der Waals surface area (Å²) in [6.45, 7) is 8.49. The maximum atomic E-state index is 14.6. The van der Waals surface area contributed by atoms with Gasteiger partial charge in [-0.25, -0.2) is 14.5 Å². The number of nitrogens with one attached hydrogen (secondary N) is 1. The Morgan fingerprint density at radius 2 is 1.74 bits per heavy atom. The number of hydrogen-bond donors (Lipinski definition) is 2. The van der Waals surface area contributed by atoms with Gasteiger partial charge in [-0.1, -0.05) is 74.9 Å². The van der Waals surface area contributed by atoms with Crippen molar-refractivity contribution in [3.63, 3.8) is 0 Å². The number of rotatable bonds is 16. The van der Waals surface area contributed by atoms with Gasteiger partial charge in [0.1, 0.15) is 29.7 Å². The molecule has 0 aliphatic rings. The molecule has 0 bridgehead atoms. The molecule has 0 saturated heterocycles. The van der Waals surface area contributed by atoms with Gasteiger partial charge >= 0.3 is 13.7 Å². The van der Waals surface area contributed by atoms with Crippen LogP contribution in [0.25, 0.3) is 32.7 Å². The third kappa shape index (κ3) is 7.34. The van der Waals surface area contributed by atoms with E-state index in [9.17, 15) is 9.36 Å². The molecule has 0 aliphatic carbocycles. The van der Waals surface area contributed by atoms with Crippen molar-refractivity contribution in [1.29, 1.82) is 0 Å². The molecular formula is C34H42N5O6P. The zero-order valence-electron chi connectivity index (χ0n) is 26.8. The number of nitrogen functional groups attached to an aromatic ring is 1. The third-order valence-electron chi connectivity index (χ3n) is 7.75. The average molecular weight is 648 g/mol. The van der Waals surface area contributed by atoms with Crippen LogP contribution in [0.2, 0.25) is 0 Å². The minimum absolute atomic E-state index is 0.0374. The number of imidazole rings is 1.